The number of nitrogens with one attached hydrogen (secondary N) is 2. The summed E-state index contributed by atoms with van der Waals surface area (Å²) < 4.78 is 0. The van der Waals surface area contributed by atoms with Gasteiger partial charge in [-0.2, -0.15) is 0 Å². The Hall–Kier alpha value is -1.59. The molecule has 19 heavy (non-hydrogen) atoms. The third-order valence-electron chi connectivity index (χ3n) is 2.59. The van der Waals surface area contributed by atoms with Crippen LogP contribution in [0.2, 0.25) is 5.02 Å². The summed E-state index contributed by atoms with van der Waals surface area (Å²) in [5, 5.41) is 5.86. The van der Waals surface area contributed by atoms with Gasteiger partial charge in [-0.1, -0.05) is 11.6 Å². The quantitative estimate of drug-likeness (QED) is 0.751. The third kappa shape index (κ3) is 4.89. The molecule has 0 radical (unpaired) electrons. The minimum Gasteiger partial charge on any atom is -0.351 e. The molecule has 0 aromatic heterocycles. The van der Waals surface area contributed by atoms with Crippen molar-refractivity contribution in [2.45, 2.75) is 25.9 Å². The standard InChI is InChI=1S/C13H18ClN3O2/c1-8(7-15)16-12(18)9(2)17-13(19)10-3-5-11(14)6-4-10/h3-6,8-9H,7,15H2,1-2H3,(H,16,18)(H,17,19)/t8-,9?/m0/s1. The van der Waals surface area contributed by atoms with Gasteiger partial charge >= 0.3 is 0 Å². The Morgan fingerprint density at radius 3 is 2.32 bits per heavy atom. The molecular weight excluding hydrogens is 266 g/mol. The first-order chi connectivity index (χ1) is 8.93. The molecule has 4 N–H and O–H groups in total. The average Bonchev–Trinajstić information content (AvgIpc) is 2.38. The normalized spacial score (nSPS) is 13.5. The summed E-state index contributed by atoms with van der Waals surface area (Å²) in [7, 11) is 0. The molecule has 5 nitrogen and oxygen atoms in total. The molecule has 0 saturated carbocycles. The zero-order chi connectivity index (χ0) is 14.4. The van der Waals surface area contributed by atoms with Gasteiger partial charge in [0.15, 0.2) is 0 Å². The summed E-state index contributed by atoms with van der Waals surface area (Å²) in [6, 6.07) is 5.70. The maximum atomic E-state index is 11.9. The van der Waals surface area contributed by atoms with E-state index in [1.54, 1.807) is 38.1 Å². The molecule has 1 unspecified atom stereocenters. The molecule has 0 aliphatic heterocycles. The monoisotopic (exact) mass is 283 g/mol. The van der Waals surface area contributed by atoms with Crippen LogP contribution in [0.4, 0.5) is 0 Å². The number of amides is 2. The van der Waals surface area contributed by atoms with E-state index in [2.05, 4.69) is 10.6 Å². The van der Waals surface area contributed by atoms with Crippen molar-refractivity contribution in [1.29, 1.82) is 0 Å². The number of carbonyl (C=O) groups excluding carboxylic acids is 2. The van der Waals surface area contributed by atoms with Crippen LogP contribution in [-0.4, -0.2) is 30.4 Å². The highest BCUT2D eigenvalue weighted by Gasteiger charge is 2.17. The van der Waals surface area contributed by atoms with Gasteiger partial charge in [0.05, 0.1) is 0 Å². The minimum atomic E-state index is -0.628. The Morgan fingerprint density at radius 1 is 1.21 bits per heavy atom. The van der Waals surface area contributed by atoms with E-state index >= 15 is 0 Å². The summed E-state index contributed by atoms with van der Waals surface area (Å²) in [6.07, 6.45) is 0. The highest BCUT2D eigenvalue weighted by atomic mass is 35.5. The van der Waals surface area contributed by atoms with E-state index in [-0.39, 0.29) is 17.9 Å². The molecule has 0 spiro atoms. The van der Waals surface area contributed by atoms with Gasteiger partial charge in [0.2, 0.25) is 5.91 Å². The number of halogens is 1. The van der Waals surface area contributed by atoms with E-state index in [1.807, 2.05) is 0 Å². The predicted molar refractivity (Wildman–Crippen MR) is 75.0 cm³/mol. The SMILES string of the molecule is CC(NC(=O)c1ccc(Cl)cc1)C(=O)N[C@@H](C)CN. The van der Waals surface area contributed by atoms with Gasteiger partial charge in [-0.05, 0) is 38.1 Å². The molecule has 2 amide bonds. The zero-order valence-corrected chi connectivity index (χ0v) is 11.7. The maximum Gasteiger partial charge on any atom is 0.251 e. The van der Waals surface area contributed by atoms with Gasteiger partial charge in [-0.3, -0.25) is 9.59 Å². The molecule has 0 fully saturated rings. The Bertz CT molecular complexity index is 448. The maximum absolute atomic E-state index is 11.9. The summed E-state index contributed by atoms with van der Waals surface area (Å²) in [6.45, 7) is 3.77. The van der Waals surface area contributed by atoms with Crippen molar-refractivity contribution in [3.63, 3.8) is 0 Å². The minimum absolute atomic E-state index is 0.123. The second kappa shape index (κ2) is 7.11. The van der Waals surface area contributed by atoms with Crippen molar-refractivity contribution in [3.8, 4) is 0 Å². The van der Waals surface area contributed by atoms with E-state index in [4.69, 9.17) is 17.3 Å². The first-order valence-electron chi connectivity index (χ1n) is 6.01. The lowest BCUT2D eigenvalue weighted by atomic mass is 10.2. The van der Waals surface area contributed by atoms with Crippen LogP contribution in [0.3, 0.4) is 0 Å². The lowest BCUT2D eigenvalue weighted by Gasteiger charge is -2.17. The van der Waals surface area contributed by atoms with Crippen LogP contribution < -0.4 is 16.4 Å². The van der Waals surface area contributed by atoms with Crippen LogP contribution in [0.1, 0.15) is 24.2 Å². The number of carbonyl (C=O) groups is 2. The van der Waals surface area contributed by atoms with Crippen LogP contribution >= 0.6 is 11.6 Å². The number of rotatable bonds is 5. The highest BCUT2D eigenvalue weighted by molar-refractivity contribution is 6.30. The van der Waals surface area contributed by atoms with E-state index in [9.17, 15) is 9.59 Å². The molecule has 1 rings (SSSR count). The molecule has 104 valence electrons. The Morgan fingerprint density at radius 2 is 1.79 bits per heavy atom. The van der Waals surface area contributed by atoms with Crippen molar-refractivity contribution in [1.82, 2.24) is 10.6 Å². The fourth-order valence-electron chi connectivity index (χ4n) is 1.37. The predicted octanol–water partition coefficient (Wildman–Crippen LogP) is 0.922. The molecule has 6 heteroatoms. The molecule has 0 bridgehead atoms. The summed E-state index contributed by atoms with van der Waals surface area (Å²) >= 11 is 5.74. The topological polar surface area (TPSA) is 84.2 Å². The molecule has 1 aromatic rings. The van der Waals surface area contributed by atoms with Crippen molar-refractivity contribution in [3.05, 3.63) is 34.9 Å². The van der Waals surface area contributed by atoms with Crippen molar-refractivity contribution in [2.24, 2.45) is 5.73 Å². The Balaban J connectivity index is 2.56. The van der Waals surface area contributed by atoms with Crippen LogP contribution in [0.25, 0.3) is 0 Å². The van der Waals surface area contributed by atoms with E-state index in [1.165, 1.54) is 0 Å². The van der Waals surface area contributed by atoms with Gasteiger partial charge < -0.3 is 16.4 Å². The van der Waals surface area contributed by atoms with Gasteiger partial charge in [0.1, 0.15) is 6.04 Å². The van der Waals surface area contributed by atoms with Crippen molar-refractivity contribution >= 4 is 23.4 Å². The molecule has 1 aromatic carbocycles. The number of hydrogen-bond acceptors (Lipinski definition) is 3. The fraction of sp³-hybridized carbons (Fsp3) is 0.385. The van der Waals surface area contributed by atoms with E-state index < -0.39 is 6.04 Å². The van der Waals surface area contributed by atoms with Gasteiger partial charge in [0, 0.05) is 23.2 Å². The average molecular weight is 284 g/mol. The Kier molecular flexibility index (Phi) is 5.79. The molecular formula is C13H18ClN3O2. The number of hydrogen-bond donors (Lipinski definition) is 3. The van der Waals surface area contributed by atoms with Crippen LogP contribution in [0.15, 0.2) is 24.3 Å². The summed E-state index contributed by atoms with van der Waals surface area (Å²) in [4.78, 5) is 23.6. The largest absolute Gasteiger partial charge is 0.351 e. The van der Waals surface area contributed by atoms with Gasteiger partial charge in [0.25, 0.3) is 5.91 Å². The van der Waals surface area contributed by atoms with E-state index in [0.29, 0.717) is 17.1 Å². The first kappa shape index (κ1) is 15.5. The molecule has 0 heterocycles. The molecule has 2 atom stereocenters. The van der Waals surface area contributed by atoms with Gasteiger partial charge in [-0.15, -0.1) is 0 Å². The lowest BCUT2D eigenvalue weighted by molar-refractivity contribution is -0.123. The highest BCUT2D eigenvalue weighted by Crippen LogP contribution is 2.09. The number of nitrogens with two attached hydrogens (primary N) is 1. The van der Waals surface area contributed by atoms with Crippen LogP contribution in [0.5, 0.6) is 0 Å². The fourth-order valence-corrected chi connectivity index (χ4v) is 1.50. The molecule has 0 aliphatic rings. The van der Waals surface area contributed by atoms with Crippen molar-refractivity contribution < 1.29 is 9.59 Å². The third-order valence-corrected chi connectivity index (χ3v) is 2.84. The van der Waals surface area contributed by atoms with E-state index in [0.717, 1.165) is 0 Å². The van der Waals surface area contributed by atoms with Crippen LogP contribution in [-0.2, 0) is 4.79 Å². The second-order valence-corrected chi connectivity index (χ2v) is 4.78. The zero-order valence-electron chi connectivity index (χ0n) is 10.9. The second-order valence-electron chi connectivity index (χ2n) is 4.35. The molecule has 0 saturated heterocycles. The number of benzene rings is 1. The lowest BCUT2D eigenvalue weighted by Crippen LogP contribution is -2.49. The summed E-state index contributed by atoms with van der Waals surface area (Å²) in [5.41, 5.74) is 5.87. The first-order valence-corrected chi connectivity index (χ1v) is 6.38. The van der Waals surface area contributed by atoms with Gasteiger partial charge in [-0.25, -0.2) is 0 Å². The van der Waals surface area contributed by atoms with Crippen molar-refractivity contribution in [2.75, 3.05) is 6.54 Å². The smallest absolute Gasteiger partial charge is 0.251 e. The molecule has 0 aliphatic carbocycles. The summed E-state index contributed by atoms with van der Waals surface area (Å²) in [5.74, 6) is -0.583. The Labute approximate surface area is 117 Å². The van der Waals surface area contributed by atoms with Crippen LogP contribution in [0, 0.1) is 0 Å².